The number of rotatable bonds is 4. The summed E-state index contributed by atoms with van der Waals surface area (Å²) in [7, 11) is 0. The molecule has 0 spiro atoms. The summed E-state index contributed by atoms with van der Waals surface area (Å²) in [5, 5.41) is 20.6. The van der Waals surface area contributed by atoms with Crippen molar-refractivity contribution >= 4 is 5.91 Å². The first-order valence-electron chi connectivity index (χ1n) is 6.91. The van der Waals surface area contributed by atoms with E-state index in [4.69, 9.17) is 5.11 Å². The molecule has 18 heavy (non-hydrogen) atoms. The number of amides is 1. The van der Waals surface area contributed by atoms with Gasteiger partial charge in [0, 0.05) is 12.5 Å². The van der Waals surface area contributed by atoms with E-state index in [1.807, 2.05) is 0 Å². The minimum atomic E-state index is -0.847. The number of hydrogen-bond acceptors (Lipinski definition) is 3. The Morgan fingerprint density at radius 1 is 1.28 bits per heavy atom. The number of hydrogen-bond donors (Lipinski definition) is 3. The number of aliphatic hydroxyl groups is 2. The molecule has 1 aliphatic carbocycles. The van der Waals surface area contributed by atoms with Gasteiger partial charge in [-0.1, -0.05) is 20.8 Å². The van der Waals surface area contributed by atoms with Crippen LogP contribution in [0.25, 0.3) is 0 Å². The van der Waals surface area contributed by atoms with Gasteiger partial charge >= 0.3 is 0 Å². The first kappa shape index (κ1) is 15.4. The molecule has 0 heterocycles. The van der Waals surface area contributed by atoms with Crippen molar-refractivity contribution < 1.29 is 15.0 Å². The predicted octanol–water partition coefficient (Wildman–Crippen LogP) is 1.31. The van der Waals surface area contributed by atoms with Crippen molar-refractivity contribution in [2.75, 3.05) is 13.2 Å². The summed E-state index contributed by atoms with van der Waals surface area (Å²) in [4.78, 5) is 11.9. The van der Waals surface area contributed by atoms with Crippen LogP contribution in [-0.4, -0.2) is 35.4 Å². The van der Waals surface area contributed by atoms with Gasteiger partial charge in [-0.15, -0.1) is 0 Å². The molecule has 0 aromatic heterocycles. The van der Waals surface area contributed by atoms with Gasteiger partial charge in [-0.25, -0.2) is 0 Å². The fourth-order valence-corrected chi connectivity index (χ4v) is 2.65. The Labute approximate surface area is 110 Å². The Morgan fingerprint density at radius 2 is 1.83 bits per heavy atom. The van der Waals surface area contributed by atoms with Crippen molar-refractivity contribution in [2.24, 2.45) is 17.3 Å². The minimum Gasteiger partial charge on any atom is -0.394 e. The van der Waals surface area contributed by atoms with Crippen molar-refractivity contribution in [3.8, 4) is 0 Å². The highest BCUT2D eigenvalue weighted by Gasteiger charge is 2.32. The first-order chi connectivity index (χ1) is 8.34. The Balaban J connectivity index is 2.32. The fraction of sp³-hybridized carbons (Fsp3) is 0.929. The molecule has 0 bridgehead atoms. The first-order valence-corrected chi connectivity index (χ1v) is 6.91. The Bertz CT molecular complexity index is 265. The zero-order valence-corrected chi connectivity index (χ0v) is 11.8. The van der Waals surface area contributed by atoms with E-state index in [-0.39, 0.29) is 25.0 Å². The maximum absolute atomic E-state index is 11.9. The van der Waals surface area contributed by atoms with Gasteiger partial charge in [0.15, 0.2) is 0 Å². The Kier molecular flexibility index (Phi) is 5.60. The summed E-state index contributed by atoms with van der Waals surface area (Å²) < 4.78 is 0. The summed E-state index contributed by atoms with van der Waals surface area (Å²) in [5.74, 6) is 0.800. The molecule has 0 aromatic rings. The van der Waals surface area contributed by atoms with Gasteiger partial charge in [0.1, 0.15) is 0 Å². The van der Waals surface area contributed by atoms with E-state index in [1.54, 1.807) is 0 Å². The zero-order valence-electron chi connectivity index (χ0n) is 11.8. The second kappa shape index (κ2) is 6.53. The van der Waals surface area contributed by atoms with Gasteiger partial charge in [-0.2, -0.15) is 0 Å². The van der Waals surface area contributed by atoms with E-state index < -0.39 is 6.10 Å². The summed E-state index contributed by atoms with van der Waals surface area (Å²) in [5.41, 5.74) is 0.328. The molecule has 1 rings (SSSR count). The molecule has 4 nitrogen and oxygen atoms in total. The van der Waals surface area contributed by atoms with Crippen molar-refractivity contribution in [2.45, 2.75) is 52.6 Å². The van der Waals surface area contributed by atoms with E-state index in [1.165, 1.54) is 0 Å². The third-order valence-corrected chi connectivity index (χ3v) is 4.05. The van der Waals surface area contributed by atoms with Crippen LogP contribution in [0.4, 0.5) is 0 Å². The van der Waals surface area contributed by atoms with Crippen molar-refractivity contribution in [3.63, 3.8) is 0 Å². The smallest absolute Gasteiger partial charge is 0.223 e. The third-order valence-electron chi connectivity index (χ3n) is 4.05. The summed E-state index contributed by atoms with van der Waals surface area (Å²) in [6, 6.07) is 0. The van der Waals surface area contributed by atoms with Crippen molar-refractivity contribution in [1.29, 1.82) is 0 Å². The van der Waals surface area contributed by atoms with Crippen LogP contribution in [0.5, 0.6) is 0 Å². The Hall–Kier alpha value is -0.610. The van der Waals surface area contributed by atoms with Crippen LogP contribution in [0.3, 0.4) is 0 Å². The summed E-state index contributed by atoms with van der Waals surface area (Å²) in [6.45, 7) is 6.62. The van der Waals surface area contributed by atoms with Crippen molar-refractivity contribution in [3.05, 3.63) is 0 Å². The SMILES string of the molecule is CC(C)(C)C1CCC(C(=O)NCC(O)CO)CC1. The lowest BCUT2D eigenvalue weighted by Gasteiger charge is -2.36. The molecule has 3 N–H and O–H groups in total. The van der Waals surface area contributed by atoms with Gasteiger partial charge in [0.25, 0.3) is 0 Å². The largest absolute Gasteiger partial charge is 0.394 e. The Morgan fingerprint density at radius 3 is 2.28 bits per heavy atom. The highest BCUT2D eigenvalue weighted by molar-refractivity contribution is 5.78. The number of nitrogens with one attached hydrogen (secondary N) is 1. The van der Waals surface area contributed by atoms with Crippen LogP contribution in [0.15, 0.2) is 0 Å². The molecule has 0 aliphatic heterocycles. The molecule has 0 saturated heterocycles. The molecule has 1 aliphatic rings. The summed E-state index contributed by atoms with van der Waals surface area (Å²) in [6.07, 6.45) is 3.22. The van der Waals surface area contributed by atoms with E-state index >= 15 is 0 Å². The molecule has 1 amide bonds. The monoisotopic (exact) mass is 257 g/mol. The average Bonchev–Trinajstić information content (AvgIpc) is 2.34. The van der Waals surface area contributed by atoms with Gasteiger partial charge in [-0.3, -0.25) is 4.79 Å². The highest BCUT2D eigenvalue weighted by Crippen LogP contribution is 2.39. The lowest BCUT2D eigenvalue weighted by Crippen LogP contribution is -2.39. The van der Waals surface area contributed by atoms with Crippen LogP contribution in [0.1, 0.15) is 46.5 Å². The number of carbonyl (C=O) groups is 1. The predicted molar refractivity (Wildman–Crippen MR) is 71.0 cm³/mol. The van der Waals surface area contributed by atoms with E-state index in [9.17, 15) is 9.90 Å². The van der Waals surface area contributed by atoms with Gasteiger partial charge in [0.2, 0.25) is 5.91 Å². The van der Waals surface area contributed by atoms with E-state index in [0.29, 0.717) is 11.3 Å². The molecule has 1 atom stereocenters. The molecule has 0 aromatic carbocycles. The number of aliphatic hydroxyl groups excluding tert-OH is 2. The fourth-order valence-electron chi connectivity index (χ4n) is 2.65. The maximum atomic E-state index is 11.9. The minimum absolute atomic E-state index is 0.0230. The molecular formula is C14H27NO3. The van der Waals surface area contributed by atoms with E-state index in [2.05, 4.69) is 26.1 Å². The van der Waals surface area contributed by atoms with Gasteiger partial charge < -0.3 is 15.5 Å². The topological polar surface area (TPSA) is 69.6 Å². The molecule has 1 saturated carbocycles. The average molecular weight is 257 g/mol. The molecule has 1 fully saturated rings. The van der Waals surface area contributed by atoms with Gasteiger partial charge in [0.05, 0.1) is 12.7 Å². The summed E-state index contributed by atoms with van der Waals surface area (Å²) >= 11 is 0. The lowest BCUT2D eigenvalue weighted by atomic mass is 9.69. The number of carbonyl (C=O) groups excluding carboxylic acids is 1. The molecule has 1 unspecified atom stereocenters. The second-order valence-corrected chi connectivity index (χ2v) is 6.50. The zero-order chi connectivity index (χ0) is 13.8. The van der Waals surface area contributed by atoms with Crippen LogP contribution in [-0.2, 0) is 4.79 Å². The van der Waals surface area contributed by atoms with Gasteiger partial charge in [-0.05, 0) is 37.0 Å². The van der Waals surface area contributed by atoms with Crippen LogP contribution >= 0.6 is 0 Å². The van der Waals surface area contributed by atoms with E-state index in [0.717, 1.165) is 25.7 Å². The quantitative estimate of drug-likeness (QED) is 0.711. The lowest BCUT2D eigenvalue weighted by molar-refractivity contribution is -0.127. The normalized spacial score (nSPS) is 26.7. The van der Waals surface area contributed by atoms with Crippen LogP contribution in [0.2, 0.25) is 0 Å². The standard InChI is InChI=1S/C14H27NO3/c1-14(2,3)11-6-4-10(5-7-11)13(18)15-8-12(17)9-16/h10-12,16-17H,4-9H2,1-3H3,(H,15,18). The maximum Gasteiger partial charge on any atom is 0.223 e. The van der Waals surface area contributed by atoms with Crippen LogP contribution < -0.4 is 5.32 Å². The highest BCUT2D eigenvalue weighted by atomic mass is 16.3. The molecule has 106 valence electrons. The third kappa shape index (κ3) is 4.58. The van der Waals surface area contributed by atoms with Crippen LogP contribution in [0, 0.1) is 17.3 Å². The molecule has 0 radical (unpaired) electrons. The second-order valence-electron chi connectivity index (χ2n) is 6.50. The molecule has 4 heteroatoms. The molecular weight excluding hydrogens is 230 g/mol. The van der Waals surface area contributed by atoms with Crippen molar-refractivity contribution in [1.82, 2.24) is 5.32 Å².